The molecular formula is C19H15N3O3. The standard InChI is InChI=1S/C19H15N3O3/c23-18(13-7-9-20-10-8-13)22-12-15-6-5-14(11-21-15)16-3-1-2-4-17(16)19(24)25/h1-11H,12H2,(H,22,23)(H,24,25). The van der Waals surface area contributed by atoms with Gasteiger partial charge in [-0.1, -0.05) is 24.3 Å². The van der Waals surface area contributed by atoms with Crippen molar-refractivity contribution >= 4 is 11.9 Å². The zero-order valence-electron chi connectivity index (χ0n) is 13.2. The molecule has 3 rings (SSSR count). The molecule has 0 radical (unpaired) electrons. The molecule has 0 spiro atoms. The molecule has 2 N–H and O–H groups in total. The third-order valence-corrected chi connectivity index (χ3v) is 3.67. The summed E-state index contributed by atoms with van der Waals surface area (Å²) in [6, 6.07) is 13.6. The summed E-state index contributed by atoms with van der Waals surface area (Å²) in [7, 11) is 0. The fourth-order valence-electron chi connectivity index (χ4n) is 2.39. The van der Waals surface area contributed by atoms with Gasteiger partial charge in [-0.05, 0) is 29.8 Å². The molecule has 2 heterocycles. The quantitative estimate of drug-likeness (QED) is 0.749. The maximum absolute atomic E-state index is 12.0. The van der Waals surface area contributed by atoms with E-state index in [4.69, 9.17) is 0 Å². The second-order valence-corrected chi connectivity index (χ2v) is 5.31. The maximum atomic E-state index is 12.0. The number of pyridine rings is 2. The molecule has 0 fully saturated rings. The highest BCUT2D eigenvalue weighted by Crippen LogP contribution is 2.23. The van der Waals surface area contributed by atoms with Crippen LogP contribution in [0, 0.1) is 0 Å². The zero-order chi connectivity index (χ0) is 17.6. The van der Waals surface area contributed by atoms with E-state index in [1.165, 1.54) is 0 Å². The molecule has 6 nitrogen and oxygen atoms in total. The zero-order valence-corrected chi connectivity index (χ0v) is 13.2. The van der Waals surface area contributed by atoms with Gasteiger partial charge in [0, 0.05) is 29.7 Å². The Morgan fingerprint density at radius 2 is 1.76 bits per heavy atom. The van der Waals surface area contributed by atoms with Gasteiger partial charge in [0.15, 0.2) is 0 Å². The fraction of sp³-hybridized carbons (Fsp3) is 0.0526. The van der Waals surface area contributed by atoms with Crippen molar-refractivity contribution in [2.24, 2.45) is 0 Å². The van der Waals surface area contributed by atoms with Crippen molar-refractivity contribution in [2.75, 3.05) is 0 Å². The van der Waals surface area contributed by atoms with Gasteiger partial charge in [-0.25, -0.2) is 4.79 Å². The summed E-state index contributed by atoms with van der Waals surface area (Å²) in [6.07, 6.45) is 4.72. The first-order valence-corrected chi connectivity index (χ1v) is 7.61. The van der Waals surface area contributed by atoms with Crippen LogP contribution in [0.2, 0.25) is 0 Å². The first kappa shape index (κ1) is 16.3. The Hall–Kier alpha value is -3.54. The van der Waals surface area contributed by atoms with E-state index in [1.54, 1.807) is 67.1 Å². The van der Waals surface area contributed by atoms with Crippen LogP contribution in [0.5, 0.6) is 0 Å². The predicted octanol–water partition coefficient (Wildman–Crippen LogP) is 2.77. The number of carbonyl (C=O) groups is 2. The predicted molar refractivity (Wildman–Crippen MR) is 92.0 cm³/mol. The van der Waals surface area contributed by atoms with E-state index in [0.29, 0.717) is 22.4 Å². The van der Waals surface area contributed by atoms with E-state index in [0.717, 1.165) is 0 Å². The molecule has 6 heteroatoms. The summed E-state index contributed by atoms with van der Waals surface area (Å²) in [5.74, 6) is -1.19. The van der Waals surface area contributed by atoms with Crippen LogP contribution in [0.3, 0.4) is 0 Å². The van der Waals surface area contributed by atoms with Crippen molar-refractivity contribution in [3.05, 3.63) is 83.9 Å². The van der Waals surface area contributed by atoms with E-state index >= 15 is 0 Å². The van der Waals surface area contributed by atoms with E-state index in [-0.39, 0.29) is 18.0 Å². The Morgan fingerprint density at radius 3 is 2.44 bits per heavy atom. The number of nitrogens with zero attached hydrogens (tertiary/aromatic N) is 2. The van der Waals surface area contributed by atoms with Gasteiger partial charge < -0.3 is 10.4 Å². The third kappa shape index (κ3) is 3.87. The number of hydrogen-bond acceptors (Lipinski definition) is 4. The number of carboxylic acids is 1. The monoisotopic (exact) mass is 333 g/mol. The molecular weight excluding hydrogens is 318 g/mol. The maximum Gasteiger partial charge on any atom is 0.336 e. The largest absolute Gasteiger partial charge is 0.478 e. The number of carbonyl (C=O) groups excluding carboxylic acids is 1. The normalized spacial score (nSPS) is 10.2. The molecule has 0 unspecified atom stereocenters. The van der Waals surface area contributed by atoms with Crippen LogP contribution < -0.4 is 5.32 Å². The molecule has 0 bridgehead atoms. The lowest BCUT2D eigenvalue weighted by Crippen LogP contribution is -2.23. The number of hydrogen-bond donors (Lipinski definition) is 2. The number of rotatable bonds is 5. The van der Waals surface area contributed by atoms with Gasteiger partial charge >= 0.3 is 5.97 Å². The Morgan fingerprint density at radius 1 is 1.00 bits per heavy atom. The second-order valence-electron chi connectivity index (χ2n) is 5.31. The van der Waals surface area contributed by atoms with Crippen LogP contribution in [0.15, 0.2) is 67.1 Å². The van der Waals surface area contributed by atoms with Crippen molar-refractivity contribution in [1.82, 2.24) is 15.3 Å². The smallest absolute Gasteiger partial charge is 0.336 e. The topological polar surface area (TPSA) is 92.2 Å². The van der Waals surface area contributed by atoms with Gasteiger partial charge in [-0.15, -0.1) is 0 Å². The van der Waals surface area contributed by atoms with Crippen molar-refractivity contribution in [2.45, 2.75) is 6.54 Å². The molecule has 1 amide bonds. The minimum atomic E-state index is -0.982. The van der Waals surface area contributed by atoms with E-state index in [9.17, 15) is 14.7 Å². The summed E-state index contributed by atoms with van der Waals surface area (Å²) in [5, 5.41) is 12.0. The lowest BCUT2D eigenvalue weighted by Gasteiger charge is -2.08. The molecule has 0 saturated heterocycles. The summed E-state index contributed by atoms with van der Waals surface area (Å²) >= 11 is 0. The lowest BCUT2D eigenvalue weighted by molar-refractivity contribution is 0.0697. The van der Waals surface area contributed by atoms with Gasteiger partial charge in [0.25, 0.3) is 5.91 Å². The molecule has 0 aliphatic carbocycles. The Labute approximate surface area is 144 Å². The minimum Gasteiger partial charge on any atom is -0.478 e. The van der Waals surface area contributed by atoms with Crippen molar-refractivity contribution < 1.29 is 14.7 Å². The second kappa shape index (κ2) is 7.35. The van der Waals surface area contributed by atoms with Crippen LogP contribution in [0.1, 0.15) is 26.4 Å². The molecule has 1 aromatic carbocycles. The minimum absolute atomic E-state index is 0.204. The Kier molecular flexibility index (Phi) is 4.80. The molecule has 3 aromatic rings. The average Bonchev–Trinajstić information content (AvgIpc) is 2.67. The highest BCUT2D eigenvalue weighted by molar-refractivity contribution is 5.96. The Bertz CT molecular complexity index is 893. The lowest BCUT2D eigenvalue weighted by atomic mass is 10.0. The van der Waals surface area contributed by atoms with Crippen molar-refractivity contribution in [1.29, 1.82) is 0 Å². The molecule has 0 aliphatic heterocycles. The van der Waals surface area contributed by atoms with Crippen LogP contribution in [-0.4, -0.2) is 27.0 Å². The number of aromatic nitrogens is 2. The van der Waals surface area contributed by atoms with Gasteiger partial charge in [-0.2, -0.15) is 0 Å². The van der Waals surface area contributed by atoms with E-state index in [1.807, 2.05) is 0 Å². The fourth-order valence-corrected chi connectivity index (χ4v) is 2.39. The summed E-state index contributed by atoms with van der Waals surface area (Å²) in [4.78, 5) is 31.5. The summed E-state index contributed by atoms with van der Waals surface area (Å²) < 4.78 is 0. The Balaban J connectivity index is 1.71. The van der Waals surface area contributed by atoms with Crippen LogP contribution in [-0.2, 0) is 6.54 Å². The number of nitrogens with one attached hydrogen (secondary N) is 1. The van der Waals surface area contributed by atoms with Gasteiger partial charge in [-0.3, -0.25) is 14.8 Å². The van der Waals surface area contributed by atoms with Gasteiger partial charge in [0.1, 0.15) is 0 Å². The highest BCUT2D eigenvalue weighted by atomic mass is 16.4. The van der Waals surface area contributed by atoms with Crippen molar-refractivity contribution in [3.63, 3.8) is 0 Å². The van der Waals surface area contributed by atoms with Gasteiger partial charge in [0.05, 0.1) is 17.8 Å². The SMILES string of the molecule is O=C(NCc1ccc(-c2ccccc2C(=O)O)cn1)c1ccncc1. The molecule has 2 aromatic heterocycles. The molecule has 0 saturated carbocycles. The molecule has 0 aliphatic rings. The number of carboxylic acid groups (broad SMARTS) is 1. The number of aromatic carboxylic acids is 1. The third-order valence-electron chi connectivity index (χ3n) is 3.67. The van der Waals surface area contributed by atoms with E-state index < -0.39 is 5.97 Å². The number of benzene rings is 1. The van der Waals surface area contributed by atoms with Crippen LogP contribution in [0.4, 0.5) is 0 Å². The van der Waals surface area contributed by atoms with Gasteiger partial charge in [0.2, 0.25) is 0 Å². The highest BCUT2D eigenvalue weighted by Gasteiger charge is 2.11. The summed E-state index contributed by atoms with van der Waals surface area (Å²) in [6.45, 7) is 0.280. The first-order chi connectivity index (χ1) is 12.1. The van der Waals surface area contributed by atoms with Crippen LogP contribution in [0.25, 0.3) is 11.1 Å². The molecule has 124 valence electrons. The van der Waals surface area contributed by atoms with Crippen molar-refractivity contribution in [3.8, 4) is 11.1 Å². The van der Waals surface area contributed by atoms with Crippen LogP contribution >= 0.6 is 0 Å². The first-order valence-electron chi connectivity index (χ1n) is 7.61. The van der Waals surface area contributed by atoms with E-state index in [2.05, 4.69) is 15.3 Å². The molecule has 25 heavy (non-hydrogen) atoms. The molecule has 0 atom stereocenters. The average molecular weight is 333 g/mol. The summed E-state index contributed by atoms with van der Waals surface area (Å²) in [5.41, 5.74) is 2.75. The number of amides is 1.